The van der Waals surface area contributed by atoms with Crippen molar-refractivity contribution in [1.29, 1.82) is 0 Å². The molecule has 0 amide bonds. The van der Waals surface area contributed by atoms with Crippen LogP contribution in [0.4, 0.5) is 0 Å². The number of hydrogen-bond donors (Lipinski definition) is 0. The van der Waals surface area contributed by atoms with E-state index in [2.05, 4.69) is 49.7 Å². The number of nitrogens with zero attached hydrogens (tertiary/aromatic N) is 2. The smallest absolute Gasteiger partial charge is 0.0935 e. The van der Waals surface area contributed by atoms with E-state index in [0.717, 1.165) is 11.1 Å². The summed E-state index contributed by atoms with van der Waals surface area (Å²) in [6.07, 6.45) is 20.8. The molecule has 0 saturated heterocycles. The molecule has 2 nitrogen and oxygen atoms in total. The first-order valence-corrected chi connectivity index (χ1v) is 7.33. The van der Waals surface area contributed by atoms with Gasteiger partial charge in [-0.2, -0.15) is 5.11 Å². The standard InChI is InChI=1S/C22H24N2/c1-7-13-17-20(15-9-3)23-24-22(16-10-4)21(18-14-8-2)19(11-5)12-6/h7-18H,1-6H2/b17-13-,18-14-,20-15+,22-16+,24-23?. The first-order chi connectivity index (χ1) is 11.7. The molecule has 0 radical (unpaired) electrons. The number of rotatable bonds is 11. The minimum Gasteiger partial charge on any atom is -0.151 e. The second kappa shape index (κ2) is 13.4. The maximum absolute atomic E-state index is 4.33. The summed E-state index contributed by atoms with van der Waals surface area (Å²) in [5.41, 5.74) is 2.91. The largest absolute Gasteiger partial charge is 0.151 e. The zero-order chi connectivity index (χ0) is 18.2. The zero-order valence-electron chi connectivity index (χ0n) is 14.1. The molecule has 0 aliphatic carbocycles. The maximum atomic E-state index is 4.33. The van der Waals surface area contributed by atoms with Crippen molar-refractivity contribution in [2.45, 2.75) is 0 Å². The van der Waals surface area contributed by atoms with Gasteiger partial charge in [-0.15, -0.1) is 5.11 Å². The molecule has 0 bridgehead atoms. The molecule has 24 heavy (non-hydrogen) atoms. The molecule has 0 fully saturated rings. The van der Waals surface area contributed by atoms with Crippen LogP contribution in [-0.4, -0.2) is 0 Å². The predicted octanol–water partition coefficient (Wildman–Crippen LogP) is 6.73. The van der Waals surface area contributed by atoms with Crippen molar-refractivity contribution in [2.75, 3.05) is 0 Å². The van der Waals surface area contributed by atoms with Crippen LogP contribution in [0.5, 0.6) is 0 Å². The Bertz CT molecular complexity index is 665. The van der Waals surface area contributed by atoms with E-state index in [0.29, 0.717) is 11.4 Å². The predicted molar refractivity (Wildman–Crippen MR) is 108 cm³/mol. The molecule has 0 aromatic heterocycles. The van der Waals surface area contributed by atoms with Crippen LogP contribution < -0.4 is 0 Å². The summed E-state index contributed by atoms with van der Waals surface area (Å²) in [5, 5.41) is 8.58. The fourth-order valence-electron chi connectivity index (χ4n) is 1.61. The van der Waals surface area contributed by atoms with Gasteiger partial charge in [0.2, 0.25) is 0 Å². The molecule has 122 valence electrons. The van der Waals surface area contributed by atoms with Crippen LogP contribution in [0.15, 0.2) is 145 Å². The number of allylic oxidation sites excluding steroid dienone is 13. The SMILES string of the molecule is C=C/C=C\C(=C(C=C)C=C)/C(=C\C=C)N=NC(/C=C\C=C)=C/C=C. The molecule has 0 rings (SSSR count). The molecular weight excluding hydrogens is 292 g/mol. The van der Waals surface area contributed by atoms with Crippen molar-refractivity contribution in [2.24, 2.45) is 10.2 Å². The highest BCUT2D eigenvalue weighted by Gasteiger charge is 2.04. The molecule has 0 N–H and O–H groups in total. The van der Waals surface area contributed by atoms with Gasteiger partial charge >= 0.3 is 0 Å². The molecule has 2 heteroatoms. The Morgan fingerprint density at radius 1 is 0.625 bits per heavy atom. The van der Waals surface area contributed by atoms with Gasteiger partial charge in [-0.05, 0) is 23.8 Å². The van der Waals surface area contributed by atoms with Crippen molar-refractivity contribution in [3.05, 3.63) is 135 Å². The van der Waals surface area contributed by atoms with E-state index in [1.54, 1.807) is 60.8 Å². The van der Waals surface area contributed by atoms with Crippen molar-refractivity contribution in [1.82, 2.24) is 0 Å². The Morgan fingerprint density at radius 3 is 1.71 bits per heavy atom. The summed E-state index contributed by atoms with van der Waals surface area (Å²) in [4.78, 5) is 0. The molecule has 0 aliphatic heterocycles. The van der Waals surface area contributed by atoms with Crippen molar-refractivity contribution >= 4 is 0 Å². The summed E-state index contributed by atoms with van der Waals surface area (Å²) in [6, 6.07) is 0. The Balaban J connectivity index is 6.09. The Labute approximate surface area is 145 Å². The molecule has 0 aromatic rings. The third-order valence-corrected chi connectivity index (χ3v) is 2.67. The zero-order valence-corrected chi connectivity index (χ0v) is 14.1. The van der Waals surface area contributed by atoms with Gasteiger partial charge in [0.25, 0.3) is 0 Å². The lowest BCUT2D eigenvalue weighted by molar-refractivity contribution is 1.10. The lowest BCUT2D eigenvalue weighted by Gasteiger charge is -2.06. The van der Waals surface area contributed by atoms with E-state index in [1.807, 2.05) is 12.2 Å². The van der Waals surface area contributed by atoms with Gasteiger partial charge in [0.1, 0.15) is 0 Å². The van der Waals surface area contributed by atoms with Gasteiger partial charge in [-0.3, -0.25) is 0 Å². The van der Waals surface area contributed by atoms with E-state index in [-0.39, 0.29) is 0 Å². The van der Waals surface area contributed by atoms with Crippen LogP contribution in [0.3, 0.4) is 0 Å². The summed E-state index contributed by atoms with van der Waals surface area (Å²) in [5.74, 6) is 0. The lowest BCUT2D eigenvalue weighted by Crippen LogP contribution is -1.88. The first kappa shape index (κ1) is 20.7. The van der Waals surface area contributed by atoms with Crippen LogP contribution in [-0.2, 0) is 0 Å². The average Bonchev–Trinajstić information content (AvgIpc) is 2.60. The summed E-state index contributed by atoms with van der Waals surface area (Å²) < 4.78 is 0. The minimum atomic E-state index is 0.625. The number of azo groups is 1. The van der Waals surface area contributed by atoms with Crippen molar-refractivity contribution in [3.63, 3.8) is 0 Å². The average molecular weight is 316 g/mol. The summed E-state index contributed by atoms with van der Waals surface area (Å²) >= 11 is 0. The van der Waals surface area contributed by atoms with Gasteiger partial charge < -0.3 is 0 Å². The normalized spacial score (nSPS) is 12.3. The quantitative estimate of drug-likeness (QED) is 0.298. The highest BCUT2D eigenvalue weighted by atomic mass is 15.1. The van der Waals surface area contributed by atoms with Gasteiger partial charge in [0.15, 0.2) is 0 Å². The van der Waals surface area contributed by atoms with Crippen molar-refractivity contribution < 1.29 is 0 Å². The monoisotopic (exact) mass is 316 g/mol. The fraction of sp³-hybridized carbons (Fsp3) is 0. The van der Waals surface area contributed by atoms with Crippen molar-refractivity contribution in [3.8, 4) is 0 Å². The minimum absolute atomic E-state index is 0.625. The van der Waals surface area contributed by atoms with Crippen LogP contribution in [0, 0.1) is 0 Å². The van der Waals surface area contributed by atoms with Gasteiger partial charge in [-0.25, -0.2) is 0 Å². The fourth-order valence-corrected chi connectivity index (χ4v) is 1.61. The lowest BCUT2D eigenvalue weighted by atomic mass is 10.0. The molecule has 0 spiro atoms. The first-order valence-electron chi connectivity index (χ1n) is 7.33. The number of hydrogen-bond acceptors (Lipinski definition) is 2. The van der Waals surface area contributed by atoms with E-state index in [4.69, 9.17) is 0 Å². The molecule has 0 unspecified atom stereocenters. The van der Waals surface area contributed by atoms with E-state index in [1.165, 1.54) is 0 Å². The second-order valence-electron chi connectivity index (χ2n) is 4.28. The Morgan fingerprint density at radius 2 is 1.21 bits per heavy atom. The van der Waals surface area contributed by atoms with Crippen LogP contribution >= 0.6 is 0 Å². The maximum Gasteiger partial charge on any atom is 0.0935 e. The Kier molecular flexibility index (Phi) is 11.6. The Hall–Kier alpha value is -3.26. The molecule has 0 aromatic carbocycles. The van der Waals surface area contributed by atoms with Gasteiger partial charge in [-0.1, -0.05) is 94.2 Å². The van der Waals surface area contributed by atoms with E-state index in [9.17, 15) is 0 Å². The van der Waals surface area contributed by atoms with E-state index >= 15 is 0 Å². The summed E-state index contributed by atoms with van der Waals surface area (Å²) in [6.45, 7) is 22.4. The second-order valence-corrected chi connectivity index (χ2v) is 4.28. The van der Waals surface area contributed by atoms with Crippen LogP contribution in [0.1, 0.15) is 0 Å². The topological polar surface area (TPSA) is 24.7 Å². The van der Waals surface area contributed by atoms with E-state index < -0.39 is 0 Å². The van der Waals surface area contributed by atoms with Gasteiger partial charge in [0.05, 0.1) is 11.4 Å². The third-order valence-electron chi connectivity index (χ3n) is 2.67. The summed E-state index contributed by atoms with van der Waals surface area (Å²) in [7, 11) is 0. The highest BCUT2D eigenvalue weighted by molar-refractivity contribution is 5.51. The molecule has 0 saturated carbocycles. The third kappa shape index (κ3) is 7.66. The van der Waals surface area contributed by atoms with Crippen LogP contribution in [0.25, 0.3) is 0 Å². The van der Waals surface area contributed by atoms with Gasteiger partial charge in [0, 0.05) is 5.57 Å². The molecular formula is C22H24N2. The highest BCUT2D eigenvalue weighted by Crippen LogP contribution is 2.21. The molecule has 0 heterocycles. The molecule has 0 aliphatic rings. The van der Waals surface area contributed by atoms with Crippen LogP contribution in [0.2, 0.25) is 0 Å². The molecule has 0 atom stereocenters.